The lowest BCUT2D eigenvalue weighted by Crippen LogP contribution is -2.26. The Morgan fingerprint density at radius 3 is 2.59 bits per heavy atom. The first-order chi connectivity index (χ1) is 16.5. The van der Waals surface area contributed by atoms with Crippen molar-refractivity contribution < 1.29 is 9.47 Å². The summed E-state index contributed by atoms with van der Waals surface area (Å²) in [6, 6.07) is 12.7. The molecule has 0 saturated carbocycles. The molecule has 0 fully saturated rings. The summed E-state index contributed by atoms with van der Waals surface area (Å²) in [6.45, 7) is 1.88. The molecule has 9 heteroatoms. The molecular weight excluding hydrogens is 432 g/mol. The molecule has 34 heavy (non-hydrogen) atoms. The van der Waals surface area contributed by atoms with E-state index in [2.05, 4.69) is 39.4 Å². The van der Waals surface area contributed by atoms with E-state index < -0.39 is 0 Å². The van der Waals surface area contributed by atoms with E-state index in [1.165, 1.54) is 21.8 Å². The molecule has 0 unspecified atom stereocenters. The van der Waals surface area contributed by atoms with Gasteiger partial charge in [-0.05, 0) is 61.0 Å². The number of nitrogens with one attached hydrogen (secondary N) is 1. The Balaban J connectivity index is 1.61. The molecule has 0 radical (unpaired) electrons. The number of aromatic nitrogens is 3. The van der Waals surface area contributed by atoms with Crippen LogP contribution < -0.4 is 26.1 Å². The van der Waals surface area contributed by atoms with Crippen LogP contribution in [0.4, 0.5) is 17.3 Å². The lowest BCUT2D eigenvalue weighted by atomic mass is 9.99. The number of nitrogens with two attached hydrogens (primary N) is 1. The number of hydrogen-bond donors (Lipinski definition) is 2. The third-order valence-electron chi connectivity index (χ3n) is 6.09. The van der Waals surface area contributed by atoms with E-state index in [1.807, 2.05) is 0 Å². The zero-order valence-electron chi connectivity index (χ0n) is 19.3. The maximum absolute atomic E-state index is 12.9. The monoisotopic (exact) mass is 458 g/mol. The maximum atomic E-state index is 12.9. The van der Waals surface area contributed by atoms with Gasteiger partial charge in [0.1, 0.15) is 11.5 Å². The molecule has 1 aliphatic rings. The summed E-state index contributed by atoms with van der Waals surface area (Å²) in [7, 11) is 5.35. The van der Waals surface area contributed by atoms with Crippen molar-refractivity contribution in [3.63, 3.8) is 0 Å². The third kappa shape index (κ3) is 3.90. The van der Waals surface area contributed by atoms with Crippen LogP contribution in [0.15, 0.2) is 53.5 Å². The van der Waals surface area contributed by atoms with Gasteiger partial charge >= 0.3 is 0 Å². The number of benzene rings is 2. The number of anilines is 3. The van der Waals surface area contributed by atoms with Gasteiger partial charge in [0, 0.05) is 31.0 Å². The van der Waals surface area contributed by atoms with Gasteiger partial charge in [0.2, 0.25) is 5.95 Å². The molecule has 0 saturated heterocycles. The molecule has 9 nitrogen and oxygen atoms in total. The van der Waals surface area contributed by atoms with Crippen molar-refractivity contribution in [3.05, 3.63) is 70.1 Å². The minimum absolute atomic E-state index is 0.283. The molecule has 3 heterocycles. The van der Waals surface area contributed by atoms with Gasteiger partial charge in [-0.25, -0.2) is 4.98 Å². The summed E-state index contributed by atoms with van der Waals surface area (Å²) in [5.41, 5.74) is 10.5. The maximum Gasteiger partial charge on any atom is 0.258 e. The molecule has 3 N–H and O–H groups in total. The van der Waals surface area contributed by atoms with E-state index >= 15 is 0 Å². The van der Waals surface area contributed by atoms with Gasteiger partial charge in [-0.3, -0.25) is 9.36 Å². The number of fused-ring (bicyclic) bond motifs is 2. The number of pyridine rings is 1. The third-order valence-corrected chi connectivity index (χ3v) is 6.09. The molecule has 0 spiro atoms. The Bertz CT molecular complexity index is 1430. The first kappa shape index (κ1) is 21.7. The Morgan fingerprint density at radius 2 is 1.85 bits per heavy atom. The highest BCUT2D eigenvalue weighted by molar-refractivity contribution is 5.89. The summed E-state index contributed by atoms with van der Waals surface area (Å²) in [5.74, 6) is 1.74. The highest BCUT2D eigenvalue weighted by atomic mass is 16.5. The summed E-state index contributed by atoms with van der Waals surface area (Å²) in [4.78, 5) is 24.3. The second kappa shape index (κ2) is 8.68. The number of rotatable bonds is 5. The van der Waals surface area contributed by atoms with Crippen LogP contribution in [0.2, 0.25) is 0 Å². The fourth-order valence-electron chi connectivity index (χ4n) is 4.28. The molecule has 5 rings (SSSR count). The Labute approximate surface area is 196 Å². The fourth-order valence-corrected chi connectivity index (χ4v) is 4.28. The number of ether oxygens (including phenoxy) is 2. The van der Waals surface area contributed by atoms with Crippen molar-refractivity contribution in [1.29, 1.82) is 0 Å². The van der Waals surface area contributed by atoms with Crippen LogP contribution in [0.25, 0.3) is 16.7 Å². The smallest absolute Gasteiger partial charge is 0.258 e. The van der Waals surface area contributed by atoms with Crippen LogP contribution in [-0.2, 0) is 13.0 Å². The van der Waals surface area contributed by atoms with Crippen molar-refractivity contribution in [2.24, 2.45) is 0 Å². The topological polar surface area (TPSA) is 108 Å². The van der Waals surface area contributed by atoms with Crippen molar-refractivity contribution >= 4 is 28.4 Å². The van der Waals surface area contributed by atoms with Crippen molar-refractivity contribution in [1.82, 2.24) is 19.4 Å². The van der Waals surface area contributed by atoms with Gasteiger partial charge in [0.05, 0.1) is 31.0 Å². The Kier molecular flexibility index (Phi) is 5.54. The van der Waals surface area contributed by atoms with Crippen molar-refractivity contribution in [2.75, 3.05) is 38.9 Å². The minimum atomic E-state index is -0.283. The van der Waals surface area contributed by atoms with Crippen LogP contribution in [0.3, 0.4) is 0 Å². The standard InChI is InChI=1S/C25H26N6O3/c1-30-9-8-15-11-22(34-3)21(10-16(15)14-30)28-25-27-13-19-20(26)12-23(32)31(24(19)29-25)17-4-6-18(33-2)7-5-17/h4-7,10-13H,8-9,14,26H2,1-3H3,(H,27,28,29). The number of nitrogens with zero attached hydrogens (tertiary/aromatic N) is 4. The minimum Gasteiger partial charge on any atom is -0.497 e. The first-order valence-corrected chi connectivity index (χ1v) is 10.9. The van der Waals surface area contributed by atoms with E-state index in [-0.39, 0.29) is 5.56 Å². The molecule has 2 aromatic heterocycles. The summed E-state index contributed by atoms with van der Waals surface area (Å²) >= 11 is 0. The average molecular weight is 459 g/mol. The highest BCUT2D eigenvalue weighted by Crippen LogP contribution is 2.33. The van der Waals surface area contributed by atoms with Crippen LogP contribution in [-0.4, -0.2) is 47.2 Å². The molecule has 2 aromatic carbocycles. The molecule has 4 aromatic rings. The van der Waals surface area contributed by atoms with Gasteiger partial charge < -0.3 is 25.4 Å². The number of nitrogen functional groups attached to an aromatic ring is 1. The Hall–Kier alpha value is -4.11. The molecule has 0 aliphatic carbocycles. The molecule has 0 amide bonds. The fraction of sp³-hybridized carbons (Fsp3) is 0.240. The highest BCUT2D eigenvalue weighted by Gasteiger charge is 2.18. The first-order valence-electron chi connectivity index (χ1n) is 10.9. The van der Waals surface area contributed by atoms with Crippen LogP contribution in [0.5, 0.6) is 11.5 Å². The van der Waals surface area contributed by atoms with E-state index in [0.29, 0.717) is 39.9 Å². The normalized spacial score (nSPS) is 13.5. The second-order valence-electron chi connectivity index (χ2n) is 8.34. The van der Waals surface area contributed by atoms with Gasteiger partial charge in [-0.2, -0.15) is 4.98 Å². The van der Waals surface area contributed by atoms with Crippen LogP contribution in [0.1, 0.15) is 11.1 Å². The zero-order chi connectivity index (χ0) is 23.8. The molecule has 1 aliphatic heterocycles. The number of likely N-dealkylation sites (N-methyl/N-ethyl adjacent to an activating group) is 1. The van der Waals surface area contributed by atoms with E-state index in [9.17, 15) is 4.79 Å². The summed E-state index contributed by atoms with van der Waals surface area (Å²) in [5, 5.41) is 3.86. The van der Waals surface area contributed by atoms with Crippen LogP contribution >= 0.6 is 0 Å². The largest absolute Gasteiger partial charge is 0.497 e. The quantitative estimate of drug-likeness (QED) is 0.470. The second-order valence-corrected chi connectivity index (χ2v) is 8.34. The van der Waals surface area contributed by atoms with E-state index in [4.69, 9.17) is 15.2 Å². The molecular formula is C25H26N6O3. The van der Waals surface area contributed by atoms with Crippen LogP contribution in [0, 0.1) is 0 Å². The average Bonchev–Trinajstić information content (AvgIpc) is 2.84. The SMILES string of the molecule is COc1ccc(-n2c(=O)cc(N)c3cnc(Nc4cc5c(cc4OC)CCN(C)C5)nc32)cc1. The predicted octanol–water partition coefficient (Wildman–Crippen LogP) is 3.11. The number of methoxy groups -OCH3 is 2. The lowest BCUT2D eigenvalue weighted by molar-refractivity contribution is 0.312. The Morgan fingerprint density at radius 1 is 1.06 bits per heavy atom. The van der Waals surface area contributed by atoms with Gasteiger partial charge in [-0.1, -0.05) is 0 Å². The van der Waals surface area contributed by atoms with Crippen molar-refractivity contribution in [3.8, 4) is 17.2 Å². The molecule has 174 valence electrons. The molecule has 0 atom stereocenters. The molecule has 0 bridgehead atoms. The lowest BCUT2D eigenvalue weighted by Gasteiger charge is -2.26. The number of hydrogen-bond acceptors (Lipinski definition) is 8. The van der Waals surface area contributed by atoms with Gasteiger partial charge in [-0.15, -0.1) is 0 Å². The summed E-state index contributed by atoms with van der Waals surface area (Å²) < 4.78 is 12.4. The predicted molar refractivity (Wildman–Crippen MR) is 132 cm³/mol. The van der Waals surface area contributed by atoms with Crippen molar-refractivity contribution in [2.45, 2.75) is 13.0 Å². The van der Waals surface area contributed by atoms with Gasteiger partial charge in [0.15, 0.2) is 5.65 Å². The van der Waals surface area contributed by atoms with E-state index in [1.54, 1.807) is 44.7 Å². The van der Waals surface area contributed by atoms with E-state index in [0.717, 1.165) is 25.2 Å². The summed E-state index contributed by atoms with van der Waals surface area (Å²) in [6.07, 6.45) is 2.60. The zero-order valence-corrected chi connectivity index (χ0v) is 19.3. The van der Waals surface area contributed by atoms with Gasteiger partial charge in [0.25, 0.3) is 5.56 Å².